The summed E-state index contributed by atoms with van der Waals surface area (Å²) in [4.78, 5) is 16.0. The number of aromatic carboxylic acids is 1. The Bertz CT molecular complexity index is 634. The van der Waals surface area contributed by atoms with Crippen LogP contribution in [0.3, 0.4) is 0 Å². The van der Waals surface area contributed by atoms with Crippen LogP contribution in [0.4, 0.5) is 0 Å². The maximum atomic E-state index is 11.1. The van der Waals surface area contributed by atoms with Gasteiger partial charge in [0.05, 0.1) is 0 Å². The Morgan fingerprint density at radius 3 is 2.75 bits per heavy atom. The molecule has 1 aromatic carbocycles. The Hall–Kier alpha value is -1.88. The predicted octanol–water partition coefficient (Wildman–Crippen LogP) is 3.60. The van der Waals surface area contributed by atoms with Crippen LogP contribution in [-0.4, -0.2) is 16.1 Å². The van der Waals surface area contributed by atoms with Gasteiger partial charge >= 0.3 is 5.97 Å². The van der Waals surface area contributed by atoms with Crippen molar-refractivity contribution in [3.05, 3.63) is 44.9 Å². The molecule has 1 aromatic heterocycles. The number of benzene rings is 1. The van der Waals surface area contributed by atoms with Gasteiger partial charge in [-0.3, -0.25) is 0 Å². The molecule has 0 spiro atoms. The van der Waals surface area contributed by atoms with E-state index < -0.39 is 5.97 Å². The molecule has 1 heterocycles. The molecule has 1 N–H and O–H groups in total. The van der Waals surface area contributed by atoms with E-state index in [-0.39, 0.29) is 5.69 Å². The lowest BCUT2D eigenvalue weighted by Gasteiger charge is -2.09. The third-order valence-corrected chi connectivity index (χ3v) is 4.34. The fraction of sp³-hybridized carbons (Fsp3) is 0.333. The molecule has 2 rings (SSSR count). The molecular formula is C15H17NO3S. The van der Waals surface area contributed by atoms with Crippen LogP contribution in [0.15, 0.2) is 18.2 Å². The number of hydrogen-bond acceptors (Lipinski definition) is 4. The molecule has 2 aromatic rings. The van der Waals surface area contributed by atoms with E-state index in [9.17, 15) is 4.79 Å². The van der Waals surface area contributed by atoms with Crippen LogP contribution in [-0.2, 0) is 13.0 Å². The fourth-order valence-electron chi connectivity index (χ4n) is 1.89. The largest absolute Gasteiger partial charge is 0.486 e. The number of carboxylic acids is 1. The van der Waals surface area contributed by atoms with Gasteiger partial charge in [-0.1, -0.05) is 19.1 Å². The summed E-state index contributed by atoms with van der Waals surface area (Å²) in [6.45, 7) is 6.26. The second-order valence-electron chi connectivity index (χ2n) is 4.52. The van der Waals surface area contributed by atoms with Crippen molar-refractivity contribution in [2.45, 2.75) is 33.8 Å². The van der Waals surface area contributed by atoms with Gasteiger partial charge in [-0.25, -0.2) is 9.78 Å². The number of nitrogens with zero attached hydrogens (tertiary/aromatic N) is 1. The summed E-state index contributed by atoms with van der Waals surface area (Å²) in [5, 5.41) is 9.77. The average molecular weight is 291 g/mol. The van der Waals surface area contributed by atoms with E-state index >= 15 is 0 Å². The van der Waals surface area contributed by atoms with Gasteiger partial charge in [-0.05, 0) is 37.5 Å². The number of rotatable bonds is 5. The summed E-state index contributed by atoms with van der Waals surface area (Å²) in [6.07, 6.45) is 0.669. The minimum Gasteiger partial charge on any atom is -0.486 e. The average Bonchev–Trinajstić information content (AvgIpc) is 2.84. The third kappa shape index (κ3) is 2.99. The van der Waals surface area contributed by atoms with Gasteiger partial charge in [0.15, 0.2) is 5.69 Å². The number of carbonyl (C=O) groups is 1. The Morgan fingerprint density at radius 1 is 1.40 bits per heavy atom. The van der Waals surface area contributed by atoms with E-state index in [4.69, 9.17) is 9.84 Å². The number of ether oxygens (including phenoxy) is 1. The quantitative estimate of drug-likeness (QED) is 0.914. The molecule has 0 unspecified atom stereocenters. The normalized spacial score (nSPS) is 10.6. The molecule has 0 fully saturated rings. The first-order valence-electron chi connectivity index (χ1n) is 6.43. The third-order valence-electron chi connectivity index (χ3n) is 3.17. The molecule has 0 radical (unpaired) electrons. The van der Waals surface area contributed by atoms with Crippen LogP contribution >= 0.6 is 11.3 Å². The lowest BCUT2D eigenvalue weighted by Crippen LogP contribution is -2.02. The van der Waals surface area contributed by atoms with E-state index in [2.05, 4.69) is 4.98 Å². The van der Waals surface area contributed by atoms with Crippen molar-refractivity contribution in [3.8, 4) is 5.75 Å². The monoisotopic (exact) mass is 291 g/mol. The lowest BCUT2D eigenvalue weighted by atomic mass is 10.1. The van der Waals surface area contributed by atoms with Crippen LogP contribution in [0.1, 0.15) is 38.4 Å². The predicted molar refractivity (Wildman–Crippen MR) is 78.7 cm³/mol. The highest BCUT2D eigenvalue weighted by atomic mass is 32.1. The molecule has 0 aliphatic heterocycles. The molecule has 0 aliphatic rings. The number of thiazole rings is 1. The van der Waals surface area contributed by atoms with Crippen LogP contribution < -0.4 is 4.74 Å². The van der Waals surface area contributed by atoms with Gasteiger partial charge in [0.2, 0.25) is 0 Å². The minimum atomic E-state index is -0.976. The topological polar surface area (TPSA) is 59.4 Å². The van der Waals surface area contributed by atoms with E-state index in [0.717, 1.165) is 16.2 Å². The first-order valence-corrected chi connectivity index (χ1v) is 7.25. The van der Waals surface area contributed by atoms with E-state index in [0.29, 0.717) is 18.0 Å². The molecule has 20 heavy (non-hydrogen) atoms. The van der Waals surface area contributed by atoms with Crippen molar-refractivity contribution in [1.29, 1.82) is 0 Å². The Kier molecular flexibility index (Phi) is 4.39. The van der Waals surface area contributed by atoms with Crippen molar-refractivity contribution in [1.82, 2.24) is 4.98 Å². The number of hydrogen-bond donors (Lipinski definition) is 1. The number of aromatic nitrogens is 1. The SMILES string of the molecule is CCc1sc(COc2cccc(C)c2C)nc1C(=O)O. The molecule has 0 saturated carbocycles. The van der Waals surface area contributed by atoms with Gasteiger partial charge in [-0.15, -0.1) is 11.3 Å². The summed E-state index contributed by atoms with van der Waals surface area (Å²) in [5.41, 5.74) is 2.41. The van der Waals surface area contributed by atoms with Crippen molar-refractivity contribution in [2.75, 3.05) is 0 Å². The molecular weight excluding hydrogens is 274 g/mol. The molecule has 5 heteroatoms. The van der Waals surface area contributed by atoms with Gasteiger partial charge in [-0.2, -0.15) is 0 Å². The zero-order chi connectivity index (χ0) is 14.7. The van der Waals surface area contributed by atoms with Crippen LogP contribution in [0, 0.1) is 13.8 Å². The van der Waals surface area contributed by atoms with Crippen LogP contribution in [0.5, 0.6) is 5.75 Å². The number of aryl methyl sites for hydroxylation is 2. The smallest absolute Gasteiger partial charge is 0.355 e. The van der Waals surface area contributed by atoms with E-state index in [1.165, 1.54) is 16.9 Å². The van der Waals surface area contributed by atoms with E-state index in [1.54, 1.807) is 0 Å². The zero-order valence-corrected chi connectivity index (χ0v) is 12.6. The summed E-state index contributed by atoms with van der Waals surface area (Å²) < 4.78 is 5.75. The summed E-state index contributed by atoms with van der Waals surface area (Å²) >= 11 is 1.40. The fourth-order valence-corrected chi connectivity index (χ4v) is 2.80. The second kappa shape index (κ2) is 6.05. The summed E-state index contributed by atoms with van der Waals surface area (Å²) in [6, 6.07) is 5.89. The first-order chi connectivity index (χ1) is 9.52. The molecule has 0 bridgehead atoms. The van der Waals surface area contributed by atoms with Crippen LogP contribution in [0.2, 0.25) is 0 Å². The molecule has 4 nitrogen and oxygen atoms in total. The highest BCUT2D eigenvalue weighted by Crippen LogP contribution is 2.24. The highest BCUT2D eigenvalue weighted by molar-refractivity contribution is 7.11. The van der Waals surface area contributed by atoms with Gasteiger partial charge in [0.1, 0.15) is 17.4 Å². The first kappa shape index (κ1) is 14.5. The van der Waals surface area contributed by atoms with Crippen molar-refractivity contribution in [3.63, 3.8) is 0 Å². The number of carboxylic acid groups (broad SMARTS) is 1. The summed E-state index contributed by atoms with van der Waals surface area (Å²) in [7, 11) is 0. The Balaban J connectivity index is 2.15. The van der Waals surface area contributed by atoms with Gasteiger partial charge in [0.25, 0.3) is 0 Å². The lowest BCUT2D eigenvalue weighted by molar-refractivity contribution is 0.0690. The molecule has 0 amide bonds. The molecule has 0 atom stereocenters. The molecule has 0 saturated heterocycles. The Labute approximate surface area is 122 Å². The van der Waals surface area contributed by atoms with Crippen LogP contribution in [0.25, 0.3) is 0 Å². The highest BCUT2D eigenvalue weighted by Gasteiger charge is 2.16. The van der Waals surface area contributed by atoms with Crippen molar-refractivity contribution >= 4 is 17.3 Å². The van der Waals surface area contributed by atoms with Crippen molar-refractivity contribution in [2.24, 2.45) is 0 Å². The second-order valence-corrected chi connectivity index (χ2v) is 5.69. The van der Waals surface area contributed by atoms with Gasteiger partial charge in [0, 0.05) is 4.88 Å². The molecule has 106 valence electrons. The molecule has 0 aliphatic carbocycles. The zero-order valence-electron chi connectivity index (χ0n) is 11.8. The maximum absolute atomic E-state index is 11.1. The van der Waals surface area contributed by atoms with Crippen molar-refractivity contribution < 1.29 is 14.6 Å². The van der Waals surface area contributed by atoms with Gasteiger partial charge < -0.3 is 9.84 Å². The summed E-state index contributed by atoms with van der Waals surface area (Å²) in [5.74, 6) is -0.161. The van der Waals surface area contributed by atoms with E-state index in [1.807, 2.05) is 39.0 Å². The minimum absolute atomic E-state index is 0.150. The Morgan fingerprint density at radius 2 is 2.15 bits per heavy atom. The standard InChI is InChI=1S/C15H17NO3S/c1-4-12-14(15(17)18)16-13(20-12)8-19-11-7-5-6-9(2)10(11)3/h5-7H,4,8H2,1-3H3,(H,17,18). The maximum Gasteiger partial charge on any atom is 0.355 e.